The van der Waals surface area contributed by atoms with Gasteiger partial charge in [-0.15, -0.1) is 0 Å². The van der Waals surface area contributed by atoms with Gasteiger partial charge in [-0.05, 0) is 63.4 Å². The number of esters is 1. The maximum absolute atomic E-state index is 12.9. The van der Waals surface area contributed by atoms with Crippen molar-refractivity contribution in [1.29, 1.82) is 0 Å². The van der Waals surface area contributed by atoms with Crippen LogP contribution in [0.2, 0.25) is 5.02 Å². The van der Waals surface area contributed by atoms with Crippen molar-refractivity contribution < 1.29 is 31.1 Å². The molecule has 0 bridgehead atoms. The molecule has 0 radical (unpaired) electrons. The van der Waals surface area contributed by atoms with Crippen LogP contribution < -0.4 is 14.2 Å². The van der Waals surface area contributed by atoms with E-state index in [2.05, 4.69) is 9.44 Å². The van der Waals surface area contributed by atoms with Crippen LogP contribution in [0.25, 0.3) is 0 Å². The van der Waals surface area contributed by atoms with E-state index in [1.165, 1.54) is 37.4 Å². The highest BCUT2D eigenvalue weighted by Crippen LogP contribution is 2.27. The standard InChI is InChI=1S/C22H29ClN2O7S2/c1-4-32-22(26)19(25-34(29,30)21-15-17(23)10-13-20(21)31-3)7-5-6-14-24-33(27,28)18-11-8-16(2)9-12-18/h8-13,15,19,24-25H,4-7,14H2,1-3H3. The molecule has 12 heteroatoms. The van der Waals surface area contributed by atoms with Gasteiger partial charge in [-0.25, -0.2) is 21.6 Å². The minimum atomic E-state index is -4.17. The molecule has 0 heterocycles. The van der Waals surface area contributed by atoms with E-state index in [1.807, 2.05) is 6.92 Å². The molecule has 0 spiro atoms. The maximum atomic E-state index is 12.9. The Hall–Kier alpha value is -2.18. The summed E-state index contributed by atoms with van der Waals surface area (Å²) in [6, 6.07) is 9.42. The number of aryl methyl sites for hydroxylation is 1. The van der Waals surface area contributed by atoms with Crippen LogP contribution in [0.1, 0.15) is 31.7 Å². The Morgan fingerprint density at radius 3 is 2.32 bits per heavy atom. The average molecular weight is 533 g/mol. The molecule has 0 aliphatic carbocycles. The van der Waals surface area contributed by atoms with Crippen molar-refractivity contribution in [3.63, 3.8) is 0 Å². The molecule has 2 aromatic rings. The van der Waals surface area contributed by atoms with Crippen molar-refractivity contribution in [3.8, 4) is 5.75 Å². The van der Waals surface area contributed by atoms with Crippen LogP contribution in [0.15, 0.2) is 52.3 Å². The number of unbranched alkanes of at least 4 members (excludes halogenated alkanes) is 1. The van der Waals surface area contributed by atoms with Gasteiger partial charge in [0.1, 0.15) is 16.7 Å². The Bertz CT molecular complexity index is 1180. The summed E-state index contributed by atoms with van der Waals surface area (Å²) < 4.78 is 65.6. The van der Waals surface area contributed by atoms with Crippen molar-refractivity contribution in [2.45, 2.75) is 48.9 Å². The maximum Gasteiger partial charge on any atom is 0.324 e. The zero-order valence-electron chi connectivity index (χ0n) is 19.2. The van der Waals surface area contributed by atoms with Gasteiger partial charge in [0.25, 0.3) is 0 Å². The van der Waals surface area contributed by atoms with Gasteiger partial charge >= 0.3 is 5.97 Å². The lowest BCUT2D eigenvalue weighted by molar-refractivity contribution is -0.145. The van der Waals surface area contributed by atoms with E-state index >= 15 is 0 Å². The largest absolute Gasteiger partial charge is 0.495 e. The van der Waals surface area contributed by atoms with Gasteiger partial charge in [-0.3, -0.25) is 4.79 Å². The van der Waals surface area contributed by atoms with E-state index in [1.54, 1.807) is 19.1 Å². The highest BCUT2D eigenvalue weighted by Gasteiger charge is 2.29. The first-order valence-corrected chi connectivity index (χ1v) is 13.9. The third-order valence-corrected chi connectivity index (χ3v) is 8.03. The molecule has 1 unspecified atom stereocenters. The van der Waals surface area contributed by atoms with Crippen LogP contribution in [0.3, 0.4) is 0 Å². The third-order valence-electron chi connectivity index (χ3n) is 4.83. The summed E-state index contributed by atoms with van der Waals surface area (Å²) in [4.78, 5) is 12.3. The number of carbonyl (C=O) groups is 1. The number of sulfonamides is 2. The van der Waals surface area contributed by atoms with E-state index in [0.29, 0.717) is 12.8 Å². The van der Waals surface area contributed by atoms with Crippen molar-refractivity contribution in [1.82, 2.24) is 9.44 Å². The van der Waals surface area contributed by atoms with Gasteiger partial charge in [0.2, 0.25) is 20.0 Å². The molecule has 0 saturated heterocycles. The zero-order valence-corrected chi connectivity index (χ0v) is 21.6. The van der Waals surface area contributed by atoms with Crippen molar-refractivity contribution in [3.05, 3.63) is 53.1 Å². The molecular weight excluding hydrogens is 504 g/mol. The number of hydrogen-bond acceptors (Lipinski definition) is 7. The first-order chi connectivity index (χ1) is 16.0. The minimum Gasteiger partial charge on any atom is -0.495 e. The Kier molecular flexibility index (Phi) is 10.3. The first-order valence-electron chi connectivity index (χ1n) is 10.6. The molecule has 2 N–H and O–H groups in total. The van der Waals surface area contributed by atoms with Crippen molar-refractivity contribution in [2.75, 3.05) is 20.3 Å². The molecule has 2 aromatic carbocycles. The normalized spacial score (nSPS) is 12.8. The fourth-order valence-corrected chi connectivity index (χ4v) is 5.78. The lowest BCUT2D eigenvalue weighted by atomic mass is 10.1. The van der Waals surface area contributed by atoms with Gasteiger partial charge in [0.05, 0.1) is 18.6 Å². The third kappa shape index (κ3) is 7.95. The molecule has 0 fully saturated rings. The second-order valence-electron chi connectivity index (χ2n) is 7.43. The summed E-state index contributed by atoms with van der Waals surface area (Å²) in [5.74, 6) is -0.655. The van der Waals surface area contributed by atoms with E-state index < -0.39 is 32.1 Å². The second-order valence-corrected chi connectivity index (χ2v) is 11.3. The van der Waals surface area contributed by atoms with Crippen LogP contribution >= 0.6 is 11.6 Å². The molecule has 188 valence electrons. The molecule has 9 nitrogen and oxygen atoms in total. The molecule has 1 atom stereocenters. The van der Waals surface area contributed by atoms with Gasteiger partial charge < -0.3 is 9.47 Å². The first kappa shape index (κ1) is 28.1. The Morgan fingerprint density at radius 1 is 1.03 bits per heavy atom. The van der Waals surface area contributed by atoms with Crippen molar-refractivity contribution in [2.24, 2.45) is 0 Å². The second kappa shape index (κ2) is 12.5. The molecule has 0 aromatic heterocycles. The monoisotopic (exact) mass is 532 g/mol. The number of rotatable bonds is 13. The summed E-state index contributed by atoms with van der Waals surface area (Å²) in [5.41, 5.74) is 0.946. The molecule has 34 heavy (non-hydrogen) atoms. The minimum absolute atomic E-state index is 0.0741. The number of carbonyl (C=O) groups excluding carboxylic acids is 1. The summed E-state index contributed by atoms with van der Waals surface area (Å²) in [6.07, 6.45) is 0.839. The quantitative estimate of drug-likeness (QED) is 0.300. The van der Waals surface area contributed by atoms with Crippen molar-refractivity contribution >= 4 is 37.6 Å². The fraction of sp³-hybridized carbons (Fsp3) is 0.409. The number of benzene rings is 2. The van der Waals surface area contributed by atoms with E-state index in [4.69, 9.17) is 21.1 Å². The van der Waals surface area contributed by atoms with Gasteiger partial charge in [-0.2, -0.15) is 4.72 Å². The van der Waals surface area contributed by atoms with Gasteiger partial charge in [-0.1, -0.05) is 29.3 Å². The lowest BCUT2D eigenvalue weighted by Gasteiger charge is -2.18. The highest BCUT2D eigenvalue weighted by molar-refractivity contribution is 7.89. The fourth-order valence-electron chi connectivity index (χ4n) is 3.06. The van der Waals surface area contributed by atoms with E-state index in [-0.39, 0.29) is 40.1 Å². The smallest absolute Gasteiger partial charge is 0.324 e. The number of halogens is 1. The lowest BCUT2D eigenvalue weighted by Crippen LogP contribution is -2.42. The van der Waals surface area contributed by atoms with Crippen LogP contribution in [-0.2, 0) is 29.6 Å². The summed E-state index contributed by atoms with van der Waals surface area (Å²) in [5, 5.41) is 0.190. The molecule has 0 aliphatic heterocycles. The molecular formula is C22H29ClN2O7S2. The predicted molar refractivity (Wildman–Crippen MR) is 129 cm³/mol. The summed E-state index contributed by atoms with van der Waals surface area (Å²) in [7, 11) is -6.50. The SMILES string of the molecule is CCOC(=O)C(CCCCNS(=O)(=O)c1ccc(C)cc1)NS(=O)(=O)c1cc(Cl)ccc1OC. The van der Waals surface area contributed by atoms with Crippen LogP contribution in [0.5, 0.6) is 5.75 Å². The Morgan fingerprint density at radius 2 is 1.71 bits per heavy atom. The molecule has 2 rings (SSSR count). The van der Waals surface area contributed by atoms with Crippen LogP contribution in [0.4, 0.5) is 0 Å². The summed E-state index contributed by atoms with van der Waals surface area (Å²) in [6.45, 7) is 3.68. The molecule has 0 aliphatic rings. The average Bonchev–Trinajstić information content (AvgIpc) is 2.78. The Labute approximate surface area is 205 Å². The number of nitrogens with one attached hydrogen (secondary N) is 2. The van der Waals surface area contributed by atoms with Gasteiger partial charge in [0, 0.05) is 11.6 Å². The van der Waals surface area contributed by atoms with Crippen LogP contribution in [-0.4, -0.2) is 49.1 Å². The summed E-state index contributed by atoms with van der Waals surface area (Å²) >= 11 is 5.94. The van der Waals surface area contributed by atoms with E-state index in [9.17, 15) is 21.6 Å². The van der Waals surface area contributed by atoms with E-state index in [0.717, 1.165) is 5.56 Å². The Balaban J connectivity index is 2.02. The molecule has 0 saturated carbocycles. The molecule has 0 amide bonds. The number of ether oxygens (including phenoxy) is 2. The topological polar surface area (TPSA) is 128 Å². The van der Waals surface area contributed by atoms with Gasteiger partial charge in [0.15, 0.2) is 0 Å². The zero-order chi connectivity index (χ0) is 25.4. The number of hydrogen-bond donors (Lipinski definition) is 2. The van der Waals surface area contributed by atoms with Crippen LogP contribution in [0, 0.1) is 6.92 Å². The number of methoxy groups -OCH3 is 1. The highest BCUT2D eigenvalue weighted by atomic mass is 35.5. The predicted octanol–water partition coefficient (Wildman–Crippen LogP) is 3.02.